The van der Waals surface area contributed by atoms with Crippen molar-refractivity contribution in [1.29, 1.82) is 0 Å². The van der Waals surface area contributed by atoms with Gasteiger partial charge in [0.2, 0.25) is 5.91 Å². The predicted molar refractivity (Wildman–Crippen MR) is 101 cm³/mol. The molecule has 10 heteroatoms. The zero-order valence-electron chi connectivity index (χ0n) is 16.1. The molecule has 1 amide bonds. The van der Waals surface area contributed by atoms with Gasteiger partial charge in [-0.05, 0) is 43.9 Å². The largest absolute Gasteiger partial charge is 0.482 e. The number of rotatable bonds is 5. The van der Waals surface area contributed by atoms with Crippen molar-refractivity contribution in [1.82, 2.24) is 5.32 Å². The highest BCUT2D eigenvalue weighted by atomic mass is 32.3. The van der Waals surface area contributed by atoms with Gasteiger partial charge in [0.15, 0.2) is 0 Å². The van der Waals surface area contributed by atoms with Crippen molar-refractivity contribution < 1.29 is 27.1 Å². The second-order valence-corrected chi connectivity index (χ2v) is 10.4. The van der Waals surface area contributed by atoms with E-state index in [1.54, 1.807) is 6.92 Å². The third-order valence-corrected chi connectivity index (χ3v) is 7.16. The zero-order valence-corrected chi connectivity index (χ0v) is 16.9. The number of oxime groups is 1. The summed E-state index contributed by atoms with van der Waals surface area (Å²) in [6.07, 6.45) is 1.95. The fourth-order valence-corrected chi connectivity index (χ4v) is 5.35. The number of halogens is 2. The molecule has 0 aromatic heterocycles. The maximum absolute atomic E-state index is 13.0. The minimum Gasteiger partial charge on any atom is -0.411 e. The van der Waals surface area contributed by atoms with Gasteiger partial charge in [-0.2, -0.15) is 0 Å². The molecule has 1 heterocycles. The van der Waals surface area contributed by atoms with E-state index < -0.39 is 40.5 Å². The van der Waals surface area contributed by atoms with Crippen LogP contribution in [0.4, 0.5) is 7.77 Å². The second kappa shape index (κ2) is 6.76. The molecule has 6 nitrogen and oxygen atoms in total. The maximum atomic E-state index is 13.0. The van der Waals surface area contributed by atoms with Gasteiger partial charge in [-0.15, -0.1) is 7.77 Å². The molecule has 4 rings (SSSR count). The molecule has 4 aliphatic rings. The Bertz CT molecular complexity index is 759. The Balaban J connectivity index is 1.76. The highest BCUT2D eigenvalue weighted by molar-refractivity contribution is 8.15. The molecule has 5 atom stereocenters. The first-order valence-electron chi connectivity index (χ1n) is 9.14. The average molecular weight is 404 g/mol. The normalized spacial score (nSPS) is 36.0. The lowest BCUT2D eigenvalue weighted by atomic mass is 9.45. The van der Waals surface area contributed by atoms with Crippen LogP contribution in [0.1, 0.15) is 47.0 Å². The van der Waals surface area contributed by atoms with Crippen molar-refractivity contribution in [2.75, 3.05) is 5.75 Å². The number of hydrogen-bond acceptors (Lipinski definition) is 5. The van der Waals surface area contributed by atoms with Crippen molar-refractivity contribution in [3.8, 4) is 5.69 Å². The lowest BCUT2D eigenvalue weighted by Gasteiger charge is -2.63. The van der Waals surface area contributed by atoms with E-state index >= 15 is 0 Å². The molecule has 0 aromatic carbocycles. The van der Waals surface area contributed by atoms with Gasteiger partial charge in [-0.1, -0.05) is 24.7 Å². The molecule has 2 N–H and O–H groups in total. The number of carbonyl (C=O) groups is 1. The van der Waals surface area contributed by atoms with Crippen molar-refractivity contribution in [3.63, 3.8) is 0 Å². The Morgan fingerprint density at radius 3 is 2.70 bits per heavy atom. The summed E-state index contributed by atoms with van der Waals surface area (Å²) in [5, 5.41) is 14.6. The van der Waals surface area contributed by atoms with E-state index in [1.165, 1.54) is 0 Å². The van der Waals surface area contributed by atoms with Crippen molar-refractivity contribution in [3.05, 3.63) is 0 Å². The number of hydrogen-bond donors (Lipinski definition) is 2. The van der Waals surface area contributed by atoms with Crippen LogP contribution in [0, 0.1) is 22.9 Å². The summed E-state index contributed by atoms with van der Waals surface area (Å²) in [6.45, 7) is 8.05. The van der Waals surface area contributed by atoms with Crippen LogP contribution in [0.2, 0.25) is 0 Å². The Labute approximate surface area is 160 Å². The Morgan fingerprint density at radius 1 is 1.48 bits per heavy atom. The molecule has 1 unspecified atom stereocenters. The molecule has 1 aliphatic heterocycles. The number of nitrogens with zero attached hydrogens (tertiary/aromatic N) is 1. The lowest BCUT2D eigenvalue weighted by Crippen LogP contribution is -2.63. The van der Waals surface area contributed by atoms with Crippen molar-refractivity contribution in [2.24, 2.45) is 22.4 Å². The molecule has 27 heavy (non-hydrogen) atoms. The van der Waals surface area contributed by atoms with Gasteiger partial charge < -0.3 is 19.8 Å². The van der Waals surface area contributed by atoms with Gasteiger partial charge in [-0.25, -0.2) is 0 Å². The van der Waals surface area contributed by atoms with Gasteiger partial charge in [0.25, 0.3) is 0 Å². The summed E-state index contributed by atoms with van der Waals surface area (Å²) in [6, 6.07) is 0. The molecule has 152 valence electrons. The first-order valence-corrected chi connectivity index (χ1v) is 10.8. The van der Waals surface area contributed by atoms with Crippen molar-refractivity contribution >= 4 is 28.9 Å². The number of amides is 1. The molecule has 0 aromatic rings. The van der Waals surface area contributed by atoms with Crippen LogP contribution in [0.5, 0.6) is 0 Å². The van der Waals surface area contributed by atoms with E-state index in [0.29, 0.717) is 17.5 Å². The van der Waals surface area contributed by atoms with E-state index in [1.807, 2.05) is 6.92 Å². The highest BCUT2D eigenvalue weighted by Gasteiger charge is 2.67. The topological polar surface area (TPSA) is 80.2 Å². The van der Waals surface area contributed by atoms with Crippen LogP contribution in [0.3, 0.4) is 0 Å². The Hall–Kier alpha value is -1.09. The van der Waals surface area contributed by atoms with E-state index in [2.05, 4.69) is 24.3 Å². The Morgan fingerprint density at radius 2 is 2.15 bits per heavy atom. The minimum absolute atomic E-state index is 0.116. The lowest BCUT2D eigenvalue weighted by molar-refractivity contribution is -0.185. The van der Waals surface area contributed by atoms with Gasteiger partial charge >= 0.3 is 7.12 Å². The van der Waals surface area contributed by atoms with Crippen LogP contribution < -0.4 is 5.32 Å². The average Bonchev–Trinajstić information content (AvgIpc) is 2.89. The van der Waals surface area contributed by atoms with E-state index in [4.69, 9.17) is 20.2 Å². The van der Waals surface area contributed by atoms with Crippen LogP contribution in [0.25, 0.3) is 0 Å². The van der Waals surface area contributed by atoms with E-state index in [9.17, 15) is 12.6 Å². The molecule has 0 radical (unpaired) electrons. The number of nitrogens with one attached hydrogen (secondary N) is 1. The third kappa shape index (κ3) is 3.90. The smallest absolute Gasteiger partial charge is 0.411 e. The molecule has 2 bridgehead atoms. The van der Waals surface area contributed by atoms with Gasteiger partial charge in [0, 0.05) is 6.42 Å². The molecule has 1 saturated heterocycles. The van der Waals surface area contributed by atoms with Crippen LogP contribution >= 0.6 is 10.2 Å². The van der Waals surface area contributed by atoms with Crippen LogP contribution in [-0.4, -0.2) is 47.3 Å². The maximum Gasteiger partial charge on any atom is 0.482 e. The predicted octanol–water partition coefficient (Wildman–Crippen LogP) is 3.14. The summed E-state index contributed by atoms with van der Waals surface area (Å²) in [7, 11) is -5.24. The summed E-state index contributed by atoms with van der Waals surface area (Å²) in [5.41, 5.74) is 4.77. The van der Waals surface area contributed by atoms with Gasteiger partial charge in [-0.3, -0.25) is 4.79 Å². The summed E-state index contributed by atoms with van der Waals surface area (Å²) in [4.78, 5) is 12.0. The molecular formula is C17H27BF2N2O4S. The quantitative estimate of drug-likeness (QED) is 0.319. The molecular weight excluding hydrogens is 377 g/mol. The monoisotopic (exact) mass is 404 g/mol. The molecule has 3 saturated carbocycles. The van der Waals surface area contributed by atoms with E-state index in [-0.39, 0.29) is 17.9 Å². The first-order chi connectivity index (χ1) is 12.4. The summed E-state index contributed by atoms with van der Waals surface area (Å²) in [5.74, 6) is -1.75. The fourth-order valence-electron chi connectivity index (χ4n) is 4.91. The highest BCUT2D eigenvalue weighted by Crippen LogP contribution is 2.64. The van der Waals surface area contributed by atoms with Crippen molar-refractivity contribution in [2.45, 2.75) is 64.6 Å². The van der Waals surface area contributed by atoms with Crippen LogP contribution in [-0.2, 0) is 14.1 Å². The summed E-state index contributed by atoms with van der Waals surface area (Å²) >= 11 is 0. The number of carbonyl (C=O) groups excluding carboxylic acids is 1. The van der Waals surface area contributed by atoms with Gasteiger partial charge in [0.05, 0.1) is 23.4 Å². The van der Waals surface area contributed by atoms with Gasteiger partial charge in [0.1, 0.15) is 16.0 Å². The Kier molecular flexibility index (Phi) is 5.17. The molecule has 4 fully saturated rings. The summed E-state index contributed by atoms with van der Waals surface area (Å²) < 4.78 is 38.5. The fraction of sp³-hybridized carbons (Fsp3) is 0.824. The third-order valence-electron chi connectivity index (χ3n) is 6.52. The standard InChI is InChI=1S/C17H27BF2N2O4S/c1-10(22-24)6-13(21-14(23)9-27(5,19)20)18-25-15-12-7-11(16(12,2)3)8-17(15,4)26-18/h5,11-13,15,24H,6-9H2,1-4H3,(H,21,23)/b22-10+/t11-,12+,13-,15?,17+/m1/s1. The van der Waals surface area contributed by atoms with E-state index in [0.717, 1.165) is 12.8 Å². The molecule has 0 spiro atoms. The minimum atomic E-state index is -4.45. The zero-order chi connectivity index (χ0) is 20.2. The first kappa shape index (κ1) is 20.6. The van der Waals surface area contributed by atoms with Crippen LogP contribution in [0.15, 0.2) is 5.16 Å². The second-order valence-electron chi connectivity index (χ2n) is 8.90. The SMILES string of the molecule is C#S(F)(F)CC(=O)N[C@H](C/C(C)=N/O)B1OC2[C@@H]3C[C@H](C[C@]2(C)O1)C3(C)C. The molecule has 3 aliphatic carbocycles.